The molecule has 1 aromatic rings. The summed E-state index contributed by atoms with van der Waals surface area (Å²) in [5.41, 5.74) is -0.658. The van der Waals surface area contributed by atoms with Gasteiger partial charge in [0.05, 0.1) is 31.1 Å². The maximum Gasteiger partial charge on any atom is 0.337 e. The first kappa shape index (κ1) is 21.9. The molecule has 0 bridgehead atoms. The lowest BCUT2D eigenvalue weighted by molar-refractivity contribution is -0.151. The number of thioether (sulfide) groups is 1. The monoisotopic (exact) mass is 430 g/mol. The van der Waals surface area contributed by atoms with Gasteiger partial charge in [-0.25, -0.2) is 4.79 Å². The van der Waals surface area contributed by atoms with E-state index in [9.17, 15) is 24.3 Å². The van der Waals surface area contributed by atoms with Crippen molar-refractivity contribution in [2.24, 2.45) is 11.8 Å². The first-order chi connectivity index (χ1) is 14.3. The predicted octanol–water partition coefficient (Wildman–Crippen LogP) is 0.928. The summed E-state index contributed by atoms with van der Waals surface area (Å²) in [6.45, 7) is -0.198. The molecule has 2 aliphatic rings. The van der Waals surface area contributed by atoms with E-state index < -0.39 is 47.2 Å². The van der Waals surface area contributed by atoms with Crippen LogP contribution in [0, 0.1) is 24.2 Å². The molecule has 30 heavy (non-hydrogen) atoms. The maximum absolute atomic E-state index is 13.1. The average Bonchev–Trinajstić information content (AvgIpc) is 3.22. The number of esters is 1. The molecule has 1 aromatic carbocycles. The Morgan fingerprint density at radius 1 is 1.30 bits per heavy atom. The highest BCUT2D eigenvalue weighted by molar-refractivity contribution is 7.98. The van der Waals surface area contributed by atoms with Crippen LogP contribution in [0.1, 0.15) is 28.4 Å². The van der Waals surface area contributed by atoms with Crippen molar-refractivity contribution in [2.75, 3.05) is 25.7 Å². The number of aliphatic carboxylic acids is 1. The van der Waals surface area contributed by atoms with Crippen LogP contribution in [0.4, 0.5) is 0 Å². The molecule has 8 nitrogen and oxygen atoms in total. The summed E-state index contributed by atoms with van der Waals surface area (Å²) in [6.07, 6.45) is 7.33. The zero-order valence-corrected chi connectivity index (χ0v) is 17.4. The van der Waals surface area contributed by atoms with Crippen molar-refractivity contribution in [2.45, 2.75) is 18.0 Å². The van der Waals surface area contributed by atoms with E-state index in [0.29, 0.717) is 16.9 Å². The Kier molecular flexibility index (Phi) is 6.19. The SMILES string of the molecule is C#CCN1C(=O)C2C(c3ccc(C(=O)OC)cc3)NC(CCSC)(C(=O)O)C2C1=O. The van der Waals surface area contributed by atoms with E-state index in [4.69, 9.17) is 11.2 Å². The molecule has 2 aliphatic heterocycles. The van der Waals surface area contributed by atoms with Gasteiger partial charge in [0.1, 0.15) is 5.54 Å². The molecule has 0 radical (unpaired) electrons. The van der Waals surface area contributed by atoms with Crippen molar-refractivity contribution in [3.05, 3.63) is 35.4 Å². The fraction of sp³-hybridized carbons (Fsp3) is 0.429. The third kappa shape index (κ3) is 3.36. The number of carboxylic acid groups (broad SMARTS) is 1. The molecule has 2 saturated heterocycles. The van der Waals surface area contributed by atoms with Gasteiger partial charge in [-0.2, -0.15) is 11.8 Å². The lowest BCUT2D eigenvalue weighted by Gasteiger charge is -2.30. The zero-order chi connectivity index (χ0) is 22.1. The number of fused-ring (bicyclic) bond motifs is 1. The molecule has 3 rings (SSSR count). The van der Waals surface area contributed by atoms with E-state index in [1.165, 1.54) is 18.9 Å². The quantitative estimate of drug-likeness (QED) is 0.373. The molecule has 0 spiro atoms. The number of hydrogen-bond acceptors (Lipinski definition) is 7. The molecular formula is C21H22N2O6S. The van der Waals surface area contributed by atoms with Crippen LogP contribution >= 0.6 is 11.8 Å². The van der Waals surface area contributed by atoms with E-state index in [1.54, 1.807) is 24.3 Å². The Morgan fingerprint density at radius 3 is 2.50 bits per heavy atom. The van der Waals surface area contributed by atoms with Gasteiger partial charge in [0, 0.05) is 6.04 Å². The van der Waals surface area contributed by atoms with Crippen molar-refractivity contribution in [1.29, 1.82) is 0 Å². The second-order valence-corrected chi connectivity index (χ2v) is 8.21. The molecule has 9 heteroatoms. The molecule has 2 heterocycles. The van der Waals surface area contributed by atoms with Crippen molar-refractivity contribution < 1.29 is 29.0 Å². The smallest absolute Gasteiger partial charge is 0.337 e. The van der Waals surface area contributed by atoms with Gasteiger partial charge in [0.25, 0.3) is 0 Å². The van der Waals surface area contributed by atoms with E-state index in [2.05, 4.69) is 11.2 Å². The summed E-state index contributed by atoms with van der Waals surface area (Å²) in [7, 11) is 1.27. The third-order valence-corrected chi connectivity index (χ3v) is 6.38. The number of carbonyl (C=O) groups excluding carboxylic acids is 3. The number of likely N-dealkylation sites (tertiary alicyclic amines) is 1. The van der Waals surface area contributed by atoms with Crippen molar-refractivity contribution in [1.82, 2.24) is 10.2 Å². The van der Waals surface area contributed by atoms with E-state index >= 15 is 0 Å². The molecule has 0 aliphatic carbocycles. The van der Waals surface area contributed by atoms with E-state index in [0.717, 1.165) is 4.90 Å². The number of methoxy groups -OCH3 is 1. The highest BCUT2D eigenvalue weighted by Crippen LogP contribution is 2.50. The van der Waals surface area contributed by atoms with Gasteiger partial charge in [-0.05, 0) is 36.1 Å². The number of carbonyl (C=O) groups is 4. The number of hydrogen-bond donors (Lipinski definition) is 2. The molecular weight excluding hydrogens is 408 g/mol. The normalized spacial score (nSPS) is 27.6. The van der Waals surface area contributed by atoms with Crippen molar-refractivity contribution in [3.8, 4) is 12.3 Å². The number of benzene rings is 1. The van der Waals surface area contributed by atoms with Gasteiger partial charge >= 0.3 is 11.9 Å². The van der Waals surface area contributed by atoms with Crippen LogP contribution in [0.3, 0.4) is 0 Å². The molecule has 2 N–H and O–H groups in total. The van der Waals surface area contributed by atoms with Crippen LogP contribution in [0.5, 0.6) is 0 Å². The fourth-order valence-electron chi connectivity index (χ4n) is 4.34. The largest absolute Gasteiger partial charge is 0.480 e. The second-order valence-electron chi connectivity index (χ2n) is 7.23. The summed E-state index contributed by atoms with van der Waals surface area (Å²) in [5.74, 6) is -1.89. The Morgan fingerprint density at radius 2 is 1.97 bits per heavy atom. The molecule has 4 unspecified atom stereocenters. The lowest BCUT2D eigenvalue weighted by atomic mass is 9.78. The third-order valence-electron chi connectivity index (χ3n) is 5.77. The van der Waals surface area contributed by atoms with Crippen LogP contribution in [-0.2, 0) is 19.1 Å². The average molecular weight is 430 g/mol. The van der Waals surface area contributed by atoms with Crippen LogP contribution in [-0.4, -0.2) is 65.0 Å². The fourth-order valence-corrected chi connectivity index (χ4v) is 4.86. The summed E-state index contributed by atoms with van der Waals surface area (Å²) in [6, 6.07) is 5.64. The Hall–Kier alpha value is -2.83. The van der Waals surface area contributed by atoms with Crippen LogP contribution in [0.25, 0.3) is 0 Å². The highest BCUT2D eigenvalue weighted by Gasteiger charge is 2.68. The molecule has 0 aromatic heterocycles. The number of nitrogens with zero attached hydrogens (tertiary/aromatic N) is 1. The number of nitrogens with one attached hydrogen (secondary N) is 1. The maximum atomic E-state index is 13.1. The van der Waals surface area contributed by atoms with Crippen molar-refractivity contribution in [3.63, 3.8) is 0 Å². The highest BCUT2D eigenvalue weighted by atomic mass is 32.2. The molecule has 4 atom stereocenters. The Bertz CT molecular complexity index is 924. The molecule has 158 valence electrons. The van der Waals surface area contributed by atoms with Gasteiger partial charge in [0.15, 0.2) is 0 Å². The second kappa shape index (κ2) is 8.50. The minimum absolute atomic E-state index is 0.171. The predicted molar refractivity (Wildman–Crippen MR) is 110 cm³/mol. The van der Waals surface area contributed by atoms with Crippen LogP contribution in [0.15, 0.2) is 24.3 Å². The molecule has 2 fully saturated rings. The number of ether oxygens (including phenoxy) is 1. The summed E-state index contributed by atoms with van der Waals surface area (Å²) < 4.78 is 4.69. The number of terminal acetylenes is 1. The summed E-state index contributed by atoms with van der Waals surface area (Å²) in [4.78, 5) is 51.2. The number of carboxylic acids is 1. The van der Waals surface area contributed by atoms with Gasteiger partial charge in [-0.15, -0.1) is 6.42 Å². The van der Waals surface area contributed by atoms with E-state index in [1.807, 2.05) is 6.26 Å². The number of imide groups is 1. The zero-order valence-electron chi connectivity index (χ0n) is 16.6. The topological polar surface area (TPSA) is 113 Å². The Balaban J connectivity index is 2.07. The van der Waals surface area contributed by atoms with Crippen molar-refractivity contribution >= 4 is 35.5 Å². The molecule has 2 amide bonds. The first-order valence-corrected chi connectivity index (χ1v) is 10.7. The van der Waals surface area contributed by atoms with Gasteiger partial charge in [-0.1, -0.05) is 18.1 Å². The Labute approximate surface area is 178 Å². The number of rotatable bonds is 7. The van der Waals surface area contributed by atoms with Crippen LogP contribution in [0.2, 0.25) is 0 Å². The minimum Gasteiger partial charge on any atom is -0.480 e. The van der Waals surface area contributed by atoms with Gasteiger partial charge < -0.3 is 9.84 Å². The lowest BCUT2D eigenvalue weighted by Crippen LogP contribution is -2.56. The number of amides is 2. The van der Waals surface area contributed by atoms with Gasteiger partial charge in [-0.3, -0.25) is 24.6 Å². The minimum atomic E-state index is -1.59. The first-order valence-electron chi connectivity index (χ1n) is 9.29. The van der Waals surface area contributed by atoms with Crippen LogP contribution < -0.4 is 5.32 Å². The summed E-state index contributed by atoms with van der Waals surface area (Å²) in [5, 5.41) is 13.2. The molecule has 0 saturated carbocycles. The standard InChI is InChI=1S/C21H22N2O6S/c1-4-10-23-17(24)14-15(18(23)25)21(20(27)28,9-11-30-3)22-16(14)12-5-7-13(8-6-12)19(26)29-2/h1,5-8,14-16,22H,9-11H2,2-3H3,(H,27,28). The van der Waals surface area contributed by atoms with E-state index in [-0.39, 0.29) is 13.0 Å². The summed E-state index contributed by atoms with van der Waals surface area (Å²) >= 11 is 1.46. The van der Waals surface area contributed by atoms with Gasteiger partial charge in [0.2, 0.25) is 11.8 Å².